The Bertz CT molecular complexity index is 1070. The zero-order valence-electron chi connectivity index (χ0n) is 14.3. The van der Waals surface area contributed by atoms with Gasteiger partial charge in [0.2, 0.25) is 0 Å². The van der Waals surface area contributed by atoms with E-state index < -0.39 is 0 Å². The zero-order valence-corrected chi connectivity index (χ0v) is 14.3. The summed E-state index contributed by atoms with van der Waals surface area (Å²) in [6, 6.07) is 13.9. The summed E-state index contributed by atoms with van der Waals surface area (Å²) in [6.07, 6.45) is 3.45. The maximum absolute atomic E-state index is 13.2. The minimum absolute atomic E-state index is 0.273. The molecule has 0 aliphatic heterocycles. The molecule has 0 atom stereocenters. The molecular weight excluding hydrogens is 333 g/mol. The number of hydrogen-bond donors (Lipinski definition) is 0. The number of fused-ring (bicyclic) bond motifs is 1. The van der Waals surface area contributed by atoms with E-state index in [9.17, 15) is 4.39 Å². The maximum atomic E-state index is 13.2. The first-order chi connectivity index (χ1) is 12.7. The predicted molar refractivity (Wildman–Crippen MR) is 97.4 cm³/mol. The van der Waals surface area contributed by atoms with E-state index in [0.29, 0.717) is 11.5 Å². The van der Waals surface area contributed by atoms with Crippen LogP contribution in [0.15, 0.2) is 61.1 Å². The quantitative estimate of drug-likeness (QED) is 0.553. The third kappa shape index (κ3) is 2.75. The largest absolute Gasteiger partial charge is 0.493 e. The van der Waals surface area contributed by atoms with Gasteiger partial charge < -0.3 is 9.47 Å². The van der Waals surface area contributed by atoms with Crippen LogP contribution in [-0.2, 0) is 0 Å². The van der Waals surface area contributed by atoms with Gasteiger partial charge in [-0.3, -0.25) is 9.55 Å². The number of benzene rings is 2. The van der Waals surface area contributed by atoms with Crippen LogP contribution in [0.3, 0.4) is 0 Å². The van der Waals surface area contributed by atoms with Crippen LogP contribution in [0.4, 0.5) is 4.39 Å². The van der Waals surface area contributed by atoms with Crippen LogP contribution >= 0.6 is 0 Å². The summed E-state index contributed by atoms with van der Waals surface area (Å²) in [4.78, 5) is 8.84. The smallest absolute Gasteiger partial charge is 0.162 e. The second-order valence-electron chi connectivity index (χ2n) is 5.72. The number of nitrogens with zero attached hydrogens (tertiary/aromatic N) is 3. The number of hydrogen-bond acceptors (Lipinski definition) is 4. The lowest BCUT2D eigenvalue weighted by atomic mass is 10.1. The Labute approximate surface area is 149 Å². The van der Waals surface area contributed by atoms with Gasteiger partial charge in [-0.2, -0.15) is 0 Å². The number of aromatic nitrogens is 3. The van der Waals surface area contributed by atoms with Crippen LogP contribution < -0.4 is 9.47 Å². The van der Waals surface area contributed by atoms with Crippen LogP contribution in [-0.4, -0.2) is 28.8 Å². The molecule has 6 heteroatoms. The van der Waals surface area contributed by atoms with E-state index in [2.05, 4.69) is 9.97 Å². The molecule has 0 fully saturated rings. The van der Waals surface area contributed by atoms with Crippen LogP contribution in [0.25, 0.3) is 28.0 Å². The molecule has 0 N–H and O–H groups in total. The predicted octanol–water partition coefficient (Wildman–Crippen LogP) is 4.24. The molecule has 0 unspecified atom stereocenters. The summed E-state index contributed by atoms with van der Waals surface area (Å²) < 4.78 is 25.8. The third-order valence-electron chi connectivity index (χ3n) is 4.22. The summed E-state index contributed by atoms with van der Waals surface area (Å²) >= 11 is 0. The Hall–Kier alpha value is -3.41. The molecule has 0 bridgehead atoms. The molecular formula is C20H16FN3O2. The van der Waals surface area contributed by atoms with Crippen molar-refractivity contribution < 1.29 is 13.9 Å². The average Bonchev–Trinajstić information content (AvgIpc) is 3.11. The number of ether oxygens (including phenoxy) is 2. The van der Waals surface area contributed by atoms with E-state index in [4.69, 9.17) is 9.47 Å². The summed E-state index contributed by atoms with van der Waals surface area (Å²) in [7, 11) is 3.20. The van der Waals surface area contributed by atoms with Gasteiger partial charge in [0.1, 0.15) is 17.7 Å². The monoisotopic (exact) mass is 349 g/mol. The first-order valence-corrected chi connectivity index (χ1v) is 8.01. The Morgan fingerprint density at radius 3 is 2.38 bits per heavy atom. The SMILES string of the molecule is COc1ccc(-n2cnc3cnc(-c4ccc(F)cc4)cc32)cc1OC. The van der Waals surface area contributed by atoms with Crippen LogP contribution in [0.2, 0.25) is 0 Å². The van der Waals surface area contributed by atoms with Gasteiger partial charge >= 0.3 is 0 Å². The van der Waals surface area contributed by atoms with Crippen molar-refractivity contribution in [3.8, 4) is 28.4 Å². The summed E-state index contributed by atoms with van der Waals surface area (Å²) in [6.45, 7) is 0. The minimum Gasteiger partial charge on any atom is -0.493 e. The van der Waals surface area contributed by atoms with Crippen molar-refractivity contribution >= 4 is 11.0 Å². The van der Waals surface area contributed by atoms with Gasteiger partial charge in [-0.05, 0) is 42.5 Å². The van der Waals surface area contributed by atoms with Crippen molar-refractivity contribution in [3.63, 3.8) is 0 Å². The van der Waals surface area contributed by atoms with Gasteiger partial charge in [0.25, 0.3) is 0 Å². The van der Waals surface area contributed by atoms with Gasteiger partial charge in [0.15, 0.2) is 11.5 Å². The lowest BCUT2D eigenvalue weighted by Gasteiger charge is -2.11. The Kier molecular flexibility index (Phi) is 4.01. The summed E-state index contributed by atoms with van der Waals surface area (Å²) in [5.74, 6) is 1.03. The van der Waals surface area contributed by atoms with E-state index in [1.54, 1.807) is 38.9 Å². The van der Waals surface area contributed by atoms with E-state index >= 15 is 0 Å². The van der Waals surface area contributed by atoms with Gasteiger partial charge in [0, 0.05) is 11.6 Å². The van der Waals surface area contributed by atoms with Crippen molar-refractivity contribution in [3.05, 3.63) is 66.9 Å². The fraction of sp³-hybridized carbons (Fsp3) is 0.100. The molecule has 0 saturated heterocycles. The highest BCUT2D eigenvalue weighted by Crippen LogP contribution is 2.31. The van der Waals surface area contributed by atoms with Crippen LogP contribution in [0.1, 0.15) is 0 Å². The molecule has 26 heavy (non-hydrogen) atoms. The second-order valence-corrected chi connectivity index (χ2v) is 5.72. The van der Waals surface area contributed by atoms with Crippen molar-refractivity contribution in [2.75, 3.05) is 14.2 Å². The Morgan fingerprint density at radius 1 is 0.885 bits per heavy atom. The summed E-state index contributed by atoms with van der Waals surface area (Å²) in [5.41, 5.74) is 4.15. The van der Waals surface area contributed by atoms with Crippen molar-refractivity contribution in [1.82, 2.24) is 14.5 Å². The highest BCUT2D eigenvalue weighted by molar-refractivity contribution is 5.81. The summed E-state index contributed by atoms with van der Waals surface area (Å²) in [5, 5.41) is 0. The molecule has 0 spiro atoms. The Morgan fingerprint density at radius 2 is 1.65 bits per heavy atom. The van der Waals surface area contributed by atoms with Crippen LogP contribution in [0, 0.1) is 5.82 Å². The number of rotatable bonds is 4. The average molecular weight is 349 g/mol. The number of imidazole rings is 1. The third-order valence-corrected chi connectivity index (χ3v) is 4.22. The molecule has 2 aromatic heterocycles. The van der Waals surface area contributed by atoms with Crippen LogP contribution in [0.5, 0.6) is 11.5 Å². The lowest BCUT2D eigenvalue weighted by molar-refractivity contribution is 0.355. The van der Waals surface area contributed by atoms with Crippen molar-refractivity contribution in [2.24, 2.45) is 0 Å². The van der Waals surface area contributed by atoms with Gasteiger partial charge in [-0.25, -0.2) is 9.37 Å². The first kappa shape index (κ1) is 16.1. The standard InChI is InChI=1S/C20H16FN3O2/c1-25-19-8-7-15(9-20(19)26-2)24-12-23-17-11-22-16(10-18(17)24)13-3-5-14(21)6-4-13/h3-12H,1-2H3. The molecule has 4 aromatic rings. The highest BCUT2D eigenvalue weighted by Gasteiger charge is 2.11. The van der Waals surface area contributed by atoms with Gasteiger partial charge in [-0.15, -0.1) is 0 Å². The number of pyridine rings is 1. The molecule has 0 aliphatic rings. The Balaban J connectivity index is 1.83. The molecule has 0 radical (unpaired) electrons. The van der Waals surface area contributed by atoms with Gasteiger partial charge in [-0.1, -0.05) is 0 Å². The first-order valence-electron chi connectivity index (χ1n) is 8.01. The zero-order chi connectivity index (χ0) is 18.1. The topological polar surface area (TPSA) is 49.2 Å². The fourth-order valence-electron chi connectivity index (χ4n) is 2.87. The van der Waals surface area contributed by atoms with E-state index in [1.807, 2.05) is 28.8 Å². The molecule has 0 aliphatic carbocycles. The van der Waals surface area contributed by atoms with Crippen molar-refractivity contribution in [2.45, 2.75) is 0 Å². The van der Waals surface area contributed by atoms with Crippen molar-refractivity contribution in [1.29, 1.82) is 0 Å². The number of halogens is 1. The maximum Gasteiger partial charge on any atom is 0.162 e. The lowest BCUT2D eigenvalue weighted by Crippen LogP contribution is -1.96. The molecule has 0 saturated carbocycles. The normalized spacial score (nSPS) is 10.9. The van der Waals surface area contributed by atoms with E-state index in [-0.39, 0.29) is 5.82 Å². The molecule has 130 valence electrons. The van der Waals surface area contributed by atoms with E-state index in [1.165, 1.54) is 12.1 Å². The molecule has 4 rings (SSSR count). The minimum atomic E-state index is -0.273. The number of methoxy groups -OCH3 is 2. The second kappa shape index (κ2) is 6.48. The molecule has 2 heterocycles. The fourth-order valence-corrected chi connectivity index (χ4v) is 2.87. The molecule has 5 nitrogen and oxygen atoms in total. The van der Waals surface area contributed by atoms with E-state index in [0.717, 1.165) is 28.0 Å². The molecule has 0 amide bonds. The molecule has 2 aromatic carbocycles. The highest BCUT2D eigenvalue weighted by atomic mass is 19.1. The van der Waals surface area contributed by atoms with Gasteiger partial charge in [0.05, 0.1) is 37.3 Å².